The number of anilines is 1. The molecule has 1 aromatic carbocycles. The van der Waals surface area contributed by atoms with E-state index in [1.807, 2.05) is 18.2 Å². The molecule has 122 valence electrons. The van der Waals surface area contributed by atoms with Gasteiger partial charge in [0.15, 0.2) is 0 Å². The van der Waals surface area contributed by atoms with E-state index in [4.69, 9.17) is 11.6 Å². The first-order valence-corrected chi connectivity index (χ1v) is 9.77. The van der Waals surface area contributed by atoms with Crippen LogP contribution in [0.3, 0.4) is 0 Å². The normalized spacial score (nSPS) is 12.1. The standard InChI is InChI=1S/C16H12ClN3O2S2/c1-9-12-8-11(17)3-4-13(12)23-16(9)24(21,22)20-14-5-2-10-6-7-18-15(10)19-14/h2-8H,1H3,(H2,18,19,20). The van der Waals surface area contributed by atoms with Crippen LogP contribution in [0.2, 0.25) is 5.02 Å². The summed E-state index contributed by atoms with van der Waals surface area (Å²) in [5.41, 5.74) is 1.32. The van der Waals surface area contributed by atoms with Gasteiger partial charge in [0.05, 0.1) is 0 Å². The van der Waals surface area contributed by atoms with E-state index in [0.29, 0.717) is 16.2 Å². The number of sulfonamides is 1. The van der Waals surface area contributed by atoms with E-state index in [0.717, 1.165) is 15.5 Å². The van der Waals surface area contributed by atoms with E-state index in [1.165, 1.54) is 11.3 Å². The number of hydrogen-bond donors (Lipinski definition) is 2. The van der Waals surface area contributed by atoms with Crippen LogP contribution >= 0.6 is 22.9 Å². The highest BCUT2D eigenvalue weighted by Crippen LogP contribution is 2.36. The molecule has 0 amide bonds. The van der Waals surface area contributed by atoms with Crippen LogP contribution in [0.1, 0.15) is 5.56 Å². The first-order valence-electron chi connectivity index (χ1n) is 7.10. The van der Waals surface area contributed by atoms with Gasteiger partial charge in [-0.15, -0.1) is 11.3 Å². The molecular formula is C16H12ClN3O2S2. The van der Waals surface area contributed by atoms with Crippen molar-refractivity contribution in [3.05, 3.63) is 53.2 Å². The van der Waals surface area contributed by atoms with E-state index in [-0.39, 0.29) is 10.0 Å². The molecule has 0 saturated carbocycles. The summed E-state index contributed by atoms with van der Waals surface area (Å²) in [6.07, 6.45) is 1.76. The molecule has 4 aromatic rings. The summed E-state index contributed by atoms with van der Waals surface area (Å²) < 4.78 is 29.2. The molecule has 8 heteroatoms. The maximum Gasteiger partial charge on any atom is 0.272 e. The summed E-state index contributed by atoms with van der Waals surface area (Å²) in [5, 5.41) is 2.35. The number of aromatic amines is 1. The molecule has 0 aliphatic rings. The Bertz CT molecular complexity index is 1180. The lowest BCUT2D eigenvalue weighted by atomic mass is 10.2. The fraction of sp³-hybridized carbons (Fsp3) is 0.0625. The fourth-order valence-electron chi connectivity index (χ4n) is 2.60. The largest absolute Gasteiger partial charge is 0.346 e. The Morgan fingerprint density at radius 2 is 2.04 bits per heavy atom. The molecular weight excluding hydrogens is 366 g/mol. The molecule has 0 bridgehead atoms. The highest BCUT2D eigenvalue weighted by atomic mass is 35.5. The van der Waals surface area contributed by atoms with Gasteiger partial charge in [-0.2, -0.15) is 0 Å². The van der Waals surface area contributed by atoms with Crippen molar-refractivity contribution in [1.29, 1.82) is 0 Å². The van der Waals surface area contributed by atoms with Crippen molar-refractivity contribution in [3.63, 3.8) is 0 Å². The number of rotatable bonds is 3. The van der Waals surface area contributed by atoms with Gasteiger partial charge in [-0.05, 0) is 54.3 Å². The third-order valence-corrected chi connectivity index (χ3v) is 7.23. The van der Waals surface area contributed by atoms with E-state index < -0.39 is 10.0 Å². The molecule has 3 aromatic heterocycles. The molecule has 0 spiro atoms. The number of H-pyrrole nitrogens is 1. The SMILES string of the molecule is Cc1c(S(=O)(=O)Nc2ccc3cc[nH]c3n2)sc2ccc(Cl)cc12. The average molecular weight is 378 g/mol. The van der Waals surface area contributed by atoms with Gasteiger partial charge in [0.1, 0.15) is 15.7 Å². The zero-order chi connectivity index (χ0) is 16.9. The monoisotopic (exact) mass is 377 g/mol. The predicted octanol–water partition coefficient (Wildman–Crippen LogP) is 4.54. The van der Waals surface area contributed by atoms with Crippen LogP contribution in [0.4, 0.5) is 5.82 Å². The quantitative estimate of drug-likeness (QED) is 0.550. The van der Waals surface area contributed by atoms with Gasteiger partial charge in [0.25, 0.3) is 10.0 Å². The zero-order valence-corrected chi connectivity index (χ0v) is 14.9. The molecule has 0 saturated heterocycles. The molecule has 0 radical (unpaired) electrons. The maximum absolute atomic E-state index is 12.8. The van der Waals surface area contributed by atoms with Crippen LogP contribution < -0.4 is 4.72 Å². The van der Waals surface area contributed by atoms with Crippen molar-refractivity contribution in [2.45, 2.75) is 11.1 Å². The highest BCUT2D eigenvalue weighted by Gasteiger charge is 2.22. The predicted molar refractivity (Wildman–Crippen MR) is 98.5 cm³/mol. The minimum absolute atomic E-state index is 0.271. The van der Waals surface area contributed by atoms with Gasteiger partial charge in [-0.1, -0.05) is 11.6 Å². The minimum atomic E-state index is -3.72. The summed E-state index contributed by atoms with van der Waals surface area (Å²) in [6, 6.07) is 10.7. The number of fused-ring (bicyclic) bond motifs is 2. The van der Waals surface area contributed by atoms with Crippen molar-refractivity contribution in [1.82, 2.24) is 9.97 Å². The van der Waals surface area contributed by atoms with Crippen LogP contribution in [0.15, 0.2) is 46.8 Å². The van der Waals surface area contributed by atoms with Gasteiger partial charge < -0.3 is 4.98 Å². The maximum atomic E-state index is 12.8. The number of hydrogen-bond acceptors (Lipinski definition) is 4. The van der Waals surface area contributed by atoms with E-state index in [1.54, 1.807) is 31.3 Å². The van der Waals surface area contributed by atoms with Crippen LogP contribution in [0, 0.1) is 6.92 Å². The lowest BCUT2D eigenvalue weighted by molar-refractivity contribution is 0.602. The zero-order valence-electron chi connectivity index (χ0n) is 12.5. The molecule has 24 heavy (non-hydrogen) atoms. The van der Waals surface area contributed by atoms with Crippen molar-refractivity contribution >= 4 is 59.9 Å². The van der Waals surface area contributed by atoms with Crippen molar-refractivity contribution in [3.8, 4) is 0 Å². The smallest absolute Gasteiger partial charge is 0.272 e. The van der Waals surface area contributed by atoms with Crippen LogP contribution in [0.25, 0.3) is 21.1 Å². The molecule has 0 atom stereocenters. The fourth-order valence-corrected chi connectivity index (χ4v) is 5.52. The Kier molecular flexibility index (Phi) is 3.52. The molecule has 0 unspecified atom stereocenters. The van der Waals surface area contributed by atoms with Crippen LogP contribution in [-0.2, 0) is 10.0 Å². The van der Waals surface area contributed by atoms with Gasteiger partial charge in [-0.3, -0.25) is 4.72 Å². The van der Waals surface area contributed by atoms with Crippen molar-refractivity contribution in [2.24, 2.45) is 0 Å². The van der Waals surface area contributed by atoms with Gasteiger partial charge in [-0.25, -0.2) is 13.4 Å². The second-order valence-electron chi connectivity index (χ2n) is 5.37. The van der Waals surface area contributed by atoms with Gasteiger partial charge >= 0.3 is 0 Å². The Labute approximate surface area is 147 Å². The number of pyridine rings is 1. The second-order valence-corrected chi connectivity index (χ2v) is 8.74. The Hall–Kier alpha value is -2.09. The lowest BCUT2D eigenvalue weighted by Gasteiger charge is -2.06. The van der Waals surface area contributed by atoms with Gasteiger partial charge in [0, 0.05) is 21.3 Å². The minimum Gasteiger partial charge on any atom is -0.346 e. The lowest BCUT2D eigenvalue weighted by Crippen LogP contribution is -2.13. The number of benzene rings is 1. The first kappa shape index (κ1) is 15.4. The summed E-state index contributed by atoms with van der Waals surface area (Å²) >= 11 is 7.23. The number of nitrogens with zero attached hydrogens (tertiary/aromatic N) is 1. The summed E-state index contributed by atoms with van der Waals surface area (Å²) in [7, 11) is -3.72. The van der Waals surface area contributed by atoms with Crippen molar-refractivity contribution < 1.29 is 8.42 Å². The summed E-state index contributed by atoms with van der Waals surface area (Å²) in [4.78, 5) is 7.25. The topological polar surface area (TPSA) is 74.8 Å². The highest BCUT2D eigenvalue weighted by molar-refractivity contribution is 7.94. The molecule has 0 aliphatic carbocycles. The number of aromatic nitrogens is 2. The molecule has 0 fully saturated rings. The third kappa shape index (κ3) is 2.54. The van der Waals surface area contributed by atoms with Crippen molar-refractivity contribution in [2.75, 3.05) is 4.72 Å². The first-order chi connectivity index (χ1) is 11.4. The molecule has 4 rings (SSSR count). The summed E-state index contributed by atoms with van der Waals surface area (Å²) in [5.74, 6) is 0.278. The second kappa shape index (κ2) is 5.47. The molecule has 0 aliphatic heterocycles. The summed E-state index contributed by atoms with van der Waals surface area (Å²) in [6.45, 7) is 1.78. The number of halogens is 1. The Balaban J connectivity index is 1.78. The van der Waals surface area contributed by atoms with Crippen LogP contribution in [0.5, 0.6) is 0 Å². The van der Waals surface area contributed by atoms with Crippen LogP contribution in [-0.4, -0.2) is 18.4 Å². The molecule has 2 N–H and O–H groups in total. The number of nitrogens with one attached hydrogen (secondary N) is 2. The van der Waals surface area contributed by atoms with E-state index >= 15 is 0 Å². The molecule has 3 heterocycles. The number of thiophene rings is 1. The number of aryl methyl sites for hydroxylation is 1. The van der Waals surface area contributed by atoms with E-state index in [9.17, 15) is 8.42 Å². The third-order valence-electron chi connectivity index (χ3n) is 3.75. The Morgan fingerprint density at radius 1 is 1.21 bits per heavy atom. The Morgan fingerprint density at radius 3 is 2.88 bits per heavy atom. The molecule has 5 nitrogen and oxygen atoms in total. The average Bonchev–Trinajstić information content (AvgIpc) is 3.12. The van der Waals surface area contributed by atoms with Gasteiger partial charge in [0.2, 0.25) is 0 Å². The van der Waals surface area contributed by atoms with E-state index in [2.05, 4.69) is 14.7 Å².